The molecule has 1 saturated heterocycles. The fourth-order valence-electron chi connectivity index (χ4n) is 2.51. The van der Waals surface area contributed by atoms with E-state index in [4.69, 9.17) is 5.11 Å². The van der Waals surface area contributed by atoms with Crippen LogP contribution in [-0.2, 0) is 6.42 Å². The number of carboxylic acid groups (broad SMARTS) is 1. The van der Waals surface area contributed by atoms with Gasteiger partial charge in [0.05, 0.1) is 5.56 Å². The normalized spacial score (nSPS) is 17.3. The Hall–Kier alpha value is -1.35. The van der Waals surface area contributed by atoms with Crippen LogP contribution < -0.4 is 0 Å². The largest absolute Gasteiger partial charge is 0.478 e. The van der Waals surface area contributed by atoms with Crippen molar-refractivity contribution in [3.8, 4) is 0 Å². The third-order valence-corrected chi connectivity index (χ3v) is 3.59. The number of carbonyl (C=O) groups is 1. The molecule has 98 valence electrons. The van der Waals surface area contributed by atoms with Gasteiger partial charge in [-0.1, -0.05) is 25.0 Å². The molecule has 1 fully saturated rings. The molecule has 0 unspecified atom stereocenters. The number of hydrogen-bond acceptors (Lipinski definition) is 2. The van der Waals surface area contributed by atoms with Gasteiger partial charge in [-0.25, -0.2) is 4.79 Å². The van der Waals surface area contributed by atoms with E-state index in [9.17, 15) is 4.79 Å². The summed E-state index contributed by atoms with van der Waals surface area (Å²) in [6.45, 7) is 3.43. The average molecular weight is 247 g/mol. The van der Waals surface area contributed by atoms with E-state index in [1.54, 1.807) is 12.1 Å². The lowest BCUT2D eigenvalue weighted by atomic mass is 10.1. The van der Waals surface area contributed by atoms with E-state index in [1.165, 1.54) is 38.8 Å². The van der Waals surface area contributed by atoms with Gasteiger partial charge >= 0.3 is 5.97 Å². The Morgan fingerprint density at radius 1 is 1.17 bits per heavy atom. The van der Waals surface area contributed by atoms with Gasteiger partial charge < -0.3 is 10.0 Å². The van der Waals surface area contributed by atoms with Crippen LogP contribution in [0.1, 0.15) is 41.6 Å². The summed E-state index contributed by atoms with van der Waals surface area (Å²) in [4.78, 5) is 13.4. The van der Waals surface area contributed by atoms with Crippen LogP contribution in [0, 0.1) is 0 Å². The monoisotopic (exact) mass is 247 g/mol. The van der Waals surface area contributed by atoms with Crippen LogP contribution in [0.4, 0.5) is 0 Å². The lowest BCUT2D eigenvalue weighted by Crippen LogP contribution is -2.27. The maximum Gasteiger partial charge on any atom is 0.335 e. The van der Waals surface area contributed by atoms with E-state index in [1.807, 2.05) is 12.1 Å². The van der Waals surface area contributed by atoms with Crippen LogP contribution >= 0.6 is 0 Å². The molecule has 0 aliphatic carbocycles. The van der Waals surface area contributed by atoms with E-state index in [2.05, 4.69) is 4.90 Å². The van der Waals surface area contributed by atoms with Crippen LogP contribution in [0.5, 0.6) is 0 Å². The van der Waals surface area contributed by atoms with Gasteiger partial charge in [0.25, 0.3) is 0 Å². The van der Waals surface area contributed by atoms with Gasteiger partial charge in [0, 0.05) is 6.54 Å². The van der Waals surface area contributed by atoms with Crippen LogP contribution in [0.25, 0.3) is 0 Å². The van der Waals surface area contributed by atoms with Crippen LogP contribution in [0.15, 0.2) is 24.3 Å². The molecule has 3 nitrogen and oxygen atoms in total. The predicted octanol–water partition coefficient (Wildman–Crippen LogP) is 2.80. The van der Waals surface area contributed by atoms with Gasteiger partial charge in [-0.05, 0) is 50.0 Å². The van der Waals surface area contributed by atoms with Gasteiger partial charge in [0.15, 0.2) is 0 Å². The van der Waals surface area contributed by atoms with Crippen molar-refractivity contribution < 1.29 is 9.90 Å². The summed E-state index contributed by atoms with van der Waals surface area (Å²) in [5.41, 5.74) is 1.52. The van der Waals surface area contributed by atoms with Crippen molar-refractivity contribution in [2.75, 3.05) is 19.6 Å². The number of carboxylic acids is 1. The first kappa shape index (κ1) is 13.1. The van der Waals surface area contributed by atoms with Crippen LogP contribution in [0.3, 0.4) is 0 Å². The first-order chi connectivity index (χ1) is 8.75. The summed E-state index contributed by atoms with van der Waals surface area (Å²) in [5, 5.41) is 8.95. The molecule has 1 aliphatic heterocycles. The van der Waals surface area contributed by atoms with E-state index >= 15 is 0 Å². The molecule has 1 N–H and O–H groups in total. The van der Waals surface area contributed by atoms with Crippen molar-refractivity contribution in [1.82, 2.24) is 4.90 Å². The third-order valence-electron chi connectivity index (χ3n) is 3.59. The number of hydrogen-bond donors (Lipinski definition) is 1. The summed E-state index contributed by atoms with van der Waals surface area (Å²) in [5.74, 6) is -0.841. The average Bonchev–Trinajstić information content (AvgIpc) is 2.65. The Kier molecular flexibility index (Phi) is 4.76. The van der Waals surface area contributed by atoms with Gasteiger partial charge in [0.1, 0.15) is 0 Å². The van der Waals surface area contributed by atoms with E-state index < -0.39 is 5.97 Å². The zero-order valence-corrected chi connectivity index (χ0v) is 10.8. The molecule has 1 aromatic carbocycles. The number of rotatable bonds is 4. The van der Waals surface area contributed by atoms with Crippen LogP contribution in [-0.4, -0.2) is 35.6 Å². The molecule has 2 rings (SSSR count). The molecule has 1 heterocycles. The van der Waals surface area contributed by atoms with Crippen molar-refractivity contribution in [2.45, 2.75) is 32.1 Å². The summed E-state index contributed by atoms with van der Waals surface area (Å²) < 4.78 is 0. The lowest BCUT2D eigenvalue weighted by molar-refractivity contribution is 0.0696. The first-order valence-electron chi connectivity index (χ1n) is 6.80. The smallest absolute Gasteiger partial charge is 0.335 e. The second-order valence-electron chi connectivity index (χ2n) is 5.01. The summed E-state index contributed by atoms with van der Waals surface area (Å²) in [7, 11) is 0. The SMILES string of the molecule is O=C(O)c1cccc(CCN2CCCCCC2)c1. The molecular weight excluding hydrogens is 226 g/mol. The topological polar surface area (TPSA) is 40.5 Å². The maximum absolute atomic E-state index is 10.9. The number of nitrogens with zero attached hydrogens (tertiary/aromatic N) is 1. The molecule has 0 bridgehead atoms. The molecular formula is C15H21NO2. The van der Waals surface area contributed by atoms with Crippen molar-refractivity contribution in [1.29, 1.82) is 0 Å². The first-order valence-corrected chi connectivity index (χ1v) is 6.80. The van der Waals surface area contributed by atoms with Crippen LogP contribution in [0.2, 0.25) is 0 Å². The van der Waals surface area contributed by atoms with Gasteiger partial charge in [-0.15, -0.1) is 0 Å². The predicted molar refractivity (Wildman–Crippen MR) is 72.0 cm³/mol. The van der Waals surface area contributed by atoms with E-state index in [0.717, 1.165) is 18.5 Å². The molecule has 0 atom stereocenters. The summed E-state index contributed by atoms with van der Waals surface area (Å²) in [6.07, 6.45) is 6.25. The zero-order chi connectivity index (χ0) is 12.8. The Morgan fingerprint density at radius 2 is 1.89 bits per heavy atom. The molecule has 0 spiro atoms. The third kappa shape index (κ3) is 3.84. The minimum absolute atomic E-state index is 0.392. The zero-order valence-electron chi connectivity index (χ0n) is 10.8. The lowest BCUT2D eigenvalue weighted by Gasteiger charge is -2.19. The number of likely N-dealkylation sites (tertiary alicyclic amines) is 1. The van der Waals surface area contributed by atoms with Gasteiger partial charge in [-0.3, -0.25) is 0 Å². The molecule has 0 radical (unpaired) electrons. The van der Waals surface area contributed by atoms with Crippen molar-refractivity contribution in [3.05, 3.63) is 35.4 Å². The Morgan fingerprint density at radius 3 is 2.56 bits per heavy atom. The summed E-state index contributed by atoms with van der Waals surface area (Å²) >= 11 is 0. The Labute approximate surface area is 108 Å². The minimum Gasteiger partial charge on any atom is -0.478 e. The maximum atomic E-state index is 10.9. The highest BCUT2D eigenvalue weighted by molar-refractivity contribution is 5.87. The molecule has 0 amide bonds. The highest BCUT2D eigenvalue weighted by Gasteiger charge is 2.09. The Balaban J connectivity index is 1.88. The summed E-state index contributed by atoms with van der Waals surface area (Å²) in [6, 6.07) is 7.30. The highest BCUT2D eigenvalue weighted by Crippen LogP contribution is 2.11. The fraction of sp³-hybridized carbons (Fsp3) is 0.533. The van der Waals surface area contributed by atoms with Gasteiger partial charge in [-0.2, -0.15) is 0 Å². The molecule has 3 heteroatoms. The fourth-order valence-corrected chi connectivity index (χ4v) is 2.51. The number of aromatic carboxylic acids is 1. The second-order valence-corrected chi connectivity index (χ2v) is 5.01. The molecule has 1 aliphatic rings. The molecule has 0 aromatic heterocycles. The second kappa shape index (κ2) is 6.55. The number of benzene rings is 1. The van der Waals surface area contributed by atoms with Crippen molar-refractivity contribution in [2.24, 2.45) is 0 Å². The molecule has 1 aromatic rings. The minimum atomic E-state index is -0.841. The molecule has 0 saturated carbocycles. The Bertz CT molecular complexity index is 395. The standard InChI is InChI=1S/C15H21NO2/c17-15(18)14-7-5-6-13(12-14)8-11-16-9-3-1-2-4-10-16/h5-7,12H,1-4,8-11H2,(H,17,18). The quantitative estimate of drug-likeness (QED) is 0.889. The van der Waals surface area contributed by atoms with E-state index in [-0.39, 0.29) is 0 Å². The highest BCUT2D eigenvalue weighted by atomic mass is 16.4. The van der Waals surface area contributed by atoms with Crippen molar-refractivity contribution >= 4 is 5.97 Å². The van der Waals surface area contributed by atoms with Gasteiger partial charge in [0.2, 0.25) is 0 Å². The van der Waals surface area contributed by atoms with Crippen molar-refractivity contribution in [3.63, 3.8) is 0 Å². The van der Waals surface area contributed by atoms with E-state index in [0.29, 0.717) is 5.56 Å². The molecule has 18 heavy (non-hydrogen) atoms.